The minimum absolute atomic E-state index is 0.0465. The van der Waals surface area contributed by atoms with Crippen LogP contribution in [-0.2, 0) is 0 Å². The maximum absolute atomic E-state index is 12.9. The summed E-state index contributed by atoms with van der Waals surface area (Å²) in [4.78, 5) is 31.3. The highest BCUT2D eigenvalue weighted by atomic mass is 19.4. The molecule has 9 nitrogen and oxygen atoms in total. The van der Waals surface area contributed by atoms with Crippen molar-refractivity contribution in [2.75, 3.05) is 18.4 Å². The number of carbonyl (C=O) groups excluding carboxylic acids is 2. The van der Waals surface area contributed by atoms with Gasteiger partial charge < -0.3 is 19.4 Å². The Labute approximate surface area is 208 Å². The van der Waals surface area contributed by atoms with Crippen molar-refractivity contribution in [1.82, 2.24) is 19.7 Å². The predicted octanol–water partition coefficient (Wildman–Crippen LogP) is 4.96. The summed E-state index contributed by atoms with van der Waals surface area (Å²) in [7, 11) is 0. The van der Waals surface area contributed by atoms with Gasteiger partial charge in [0, 0.05) is 31.0 Å². The third-order valence-corrected chi connectivity index (χ3v) is 6.07. The summed E-state index contributed by atoms with van der Waals surface area (Å²) in [6, 6.07) is 10.4. The standard InChI is InChI=1S/C25H22F3N5O4/c1-15-6-7-21-19(30-15)12-22(36-21)23(34)31-16-13-29-33(14-16)17-8-10-32(11-9-17)24(35)18-4-2-3-5-20(18)37-25(26,27)28/h2-7,12-14,17H,8-11H2,1H3,(H,31,34). The molecule has 1 aliphatic rings. The molecule has 192 valence electrons. The molecule has 0 atom stereocenters. The molecular weight excluding hydrogens is 491 g/mol. The number of amides is 2. The van der Waals surface area contributed by atoms with E-state index in [1.54, 1.807) is 29.1 Å². The molecule has 0 aliphatic carbocycles. The average Bonchev–Trinajstić information content (AvgIpc) is 3.50. The number of para-hydroxylation sites is 1. The summed E-state index contributed by atoms with van der Waals surface area (Å²) in [6.07, 6.45) is -0.602. The van der Waals surface area contributed by atoms with Crippen molar-refractivity contribution in [3.8, 4) is 5.75 Å². The fraction of sp³-hybridized carbons (Fsp3) is 0.280. The molecule has 5 rings (SSSR count). The number of likely N-dealkylation sites (tertiary alicyclic amines) is 1. The van der Waals surface area contributed by atoms with E-state index >= 15 is 0 Å². The quantitative estimate of drug-likeness (QED) is 0.405. The summed E-state index contributed by atoms with van der Waals surface area (Å²) in [5.74, 6) is -1.36. The van der Waals surface area contributed by atoms with E-state index in [-0.39, 0.29) is 17.4 Å². The van der Waals surface area contributed by atoms with E-state index < -0.39 is 23.9 Å². The number of pyridine rings is 1. The van der Waals surface area contributed by atoms with Crippen LogP contribution in [0.3, 0.4) is 0 Å². The normalized spacial score (nSPS) is 14.6. The maximum atomic E-state index is 12.9. The molecule has 1 aliphatic heterocycles. The summed E-state index contributed by atoms with van der Waals surface area (Å²) >= 11 is 0. The minimum atomic E-state index is -4.89. The Morgan fingerprint density at radius 2 is 1.89 bits per heavy atom. The second-order valence-electron chi connectivity index (χ2n) is 8.68. The Hall–Kier alpha value is -4.35. The first-order valence-corrected chi connectivity index (χ1v) is 11.5. The molecule has 0 unspecified atom stereocenters. The topological polar surface area (TPSA) is 102 Å². The Balaban J connectivity index is 1.20. The number of furan rings is 1. The van der Waals surface area contributed by atoms with Gasteiger partial charge in [0.1, 0.15) is 11.3 Å². The number of halogens is 3. The van der Waals surface area contributed by atoms with Crippen molar-refractivity contribution in [1.29, 1.82) is 0 Å². The highest BCUT2D eigenvalue weighted by Gasteiger charge is 2.34. The number of carbonyl (C=O) groups is 2. The third kappa shape index (κ3) is 5.42. The molecule has 0 radical (unpaired) electrons. The molecule has 1 saturated heterocycles. The van der Waals surface area contributed by atoms with Gasteiger partial charge in [0.25, 0.3) is 11.8 Å². The highest BCUT2D eigenvalue weighted by molar-refractivity contribution is 6.04. The third-order valence-electron chi connectivity index (χ3n) is 6.07. The lowest BCUT2D eigenvalue weighted by Crippen LogP contribution is -2.39. The van der Waals surface area contributed by atoms with Crippen molar-refractivity contribution in [3.63, 3.8) is 0 Å². The molecule has 0 spiro atoms. The number of rotatable bonds is 5. The van der Waals surface area contributed by atoms with Gasteiger partial charge in [0.2, 0.25) is 0 Å². The molecule has 4 heterocycles. The number of nitrogens with zero attached hydrogens (tertiary/aromatic N) is 4. The van der Waals surface area contributed by atoms with Crippen LogP contribution in [0.25, 0.3) is 11.1 Å². The number of aryl methyl sites for hydroxylation is 1. The number of nitrogens with one attached hydrogen (secondary N) is 1. The van der Waals surface area contributed by atoms with Crippen LogP contribution in [0.4, 0.5) is 18.9 Å². The Bertz CT molecular complexity index is 1450. The lowest BCUT2D eigenvalue weighted by Gasteiger charge is -2.32. The van der Waals surface area contributed by atoms with Crippen LogP contribution >= 0.6 is 0 Å². The van der Waals surface area contributed by atoms with E-state index in [0.29, 0.717) is 42.7 Å². The van der Waals surface area contributed by atoms with Gasteiger partial charge in [-0.1, -0.05) is 12.1 Å². The second-order valence-corrected chi connectivity index (χ2v) is 8.68. The summed E-state index contributed by atoms with van der Waals surface area (Å²) in [5, 5.41) is 7.09. The molecule has 4 aromatic rings. The fourth-order valence-electron chi connectivity index (χ4n) is 4.29. The van der Waals surface area contributed by atoms with Crippen molar-refractivity contribution >= 4 is 28.6 Å². The van der Waals surface area contributed by atoms with E-state index in [0.717, 1.165) is 11.8 Å². The van der Waals surface area contributed by atoms with Crippen LogP contribution in [0.2, 0.25) is 0 Å². The molecule has 1 N–H and O–H groups in total. The van der Waals surface area contributed by atoms with E-state index in [4.69, 9.17) is 4.42 Å². The van der Waals surface area contributed by atoms with Crippen LogP contribution in [-0.4, -0.2) is 50.9 Å². The molecular formula is C25H22F3N5O4. The number of fused-ring (bicyclic) bond motifs is 1. The SMILES string of the molecule is Cc1ccc2oc(C(=O)Nc3cnn(C4CCN(C(=O)c5ccccc5OC(F)(F)F)CC4)c3)cc2n1. The van der Waals surface area contributed by atoms with Gasteiger partial charge in [-0.3, -0.25) is 14.3 Å². The number of aromatic nitrogens is 3. The maximum Gasteiger partial charge on any atom is 0.573 e. The Kier molecular flexibility index (Phi) is 6.32. The van der Waals surface area contributed by atoms with Gasteiger partial charge in [-0.15, -0.1) is 13.2 Å². The monoisotopic (exact) mass is 513 g/mol. The van der Waals surface area contributed by atoms with Crippen LogP contribution in [0, 0.1) is 6.92 Å². The van der Waals surface area contributed by atoms with Crippen molar-refractivity contribution < 1.29 is 31.9 Å². The first-order chi connectivity index (χ1) is 17.7. The average molecular weight is 513 g/mol. The zero-order valence-electron chi connectivity index (χ0n) is 19.7. The van der Waals surface area contributed by atoms with Gasteiger partial charge in [-0.2, -0.15) is 5.10 Å². The number of ether oxygens (including phenoxy) is 1. The zero-order valence-corrected chi connectivity index (χ0v) is 19.7. The molecule has 3 aromatic heterocycles. The van der Waals surface area contributed by atoms with Gasteiger partial charge in [0.05, 0.1) is 23.5 Å². The minimum Gasteiger partial charge on any atom is -0.449 e. The summed E-state index contributed by atoms with van der Waals surface area (Å²) < 4.78 is 49.5. The van der Waals surface area contributed by atoms with Crippen molar-refractivity contribution in [3.05, 3.63) is 71.9 Å². The van der Waals surface area contributed by atoms with Crippen LogP contribution in [0.15, 0.2) is 59.3 Å². The number of piperidine rings is 1. The molecule has 12 heteroatoms. The van der Waals surface area contributed by atoms with E-state index in [9.17, 15) is 22.8 Å². The Morgan fingerprint density at radius 1 is 1.14 bits per heavy atom. The largest absolute Gasteiger partial charge is 0.573 e. The number of hydrogen-bond donors (Lipinski definition) is 1. The van der Waals surface area contributed by atoms with Crippen LogP contribution < -0.4 is 10.1 Å². The number of alkyl halides is 3. The zero-order chi connectivity index (χ0) is 26.2. The lowest BCUT2D eigenvalue weighted by molar-refractivity contribution is -0.274. The van der Waals surface area contributed by atoms with Gasteiger partial charge in [-0.05, 0) is 44.0 Å². The number of anilines is 1. The molecule has 1 aromatic carbocycles. The van der Waals surface area contributed by atoms with Crippen LogP contribution in [0.5, 0.6) is 5.75 Å². The van der Waals surface area contributed by atoms with E-state index in [1.807, 2.05) is 6.92 Å². The highest BCUT2D eigenvalue weighted by Crippen LogP contribution is 2.30. The first-order valence-electron chi connectivity index (χ1n) is 11.5. The molecule has 1 fully saturated rings. The first kappa shape index (κ1) is 24.3. The molecule has 37 heavy (non-hydrogen) atoms. The summed E-state index contributed by atoms with van der Waals surface area (Å²) in [6.45, 7) is 2.51. The smallest absolute Gasteiger partial charge is 0.449 e. The van der Waals surface area contributed by atoms with Crippen LogP contribution in [0.1, 0.15) is 45.5 Å². The fourth-order valence-corrected chi connectivity index (χ4v) is 4.29. The van der Waals surface area contributed by atoms with Crippen molar-refractivity contribution in [2.45, 2.75) is 32.2 Å². The number of hydrogen-bond acceptors (Lipinski definition) is 6. The second kappa shape index (κ2) is 9.60. The van der Waals surface area contributed by atoms with E-state index in [1.165, 1.54) is 29.3 Å². The van der Waals surface area contributed by atoms with Gasteiger partial charge >= 0.3 is 6.36 Å². The van der Waals surface area contributed by atoms with Crippen molar-refractivity contribution in [2.24, 2.45) is 0 Å². The van der Waals surface area contributed by atoms with E-state index in [2.05, 4.69) is 20.1 Å². The summed E-state index contributed by atoms with van der Waals surface area (Å²) in [5.41, 5.74) is 2.26. The number of benzene rings is 1. The van der Waals surface area contributed by atoms with Gasteiger partial charge in [0.15, 0.2) is 11.3 Å². The molecule has 2 amide bonds. The lowest BCUT2D eigenvalue weighted by atomic mass is 10.0. The predicted molar refractivity (Wildman–Crippen MR) is 126 cm³/mol. The van der Waals surface area contributed by atoms with Gasteiger partial charge in [-0.25, -0.2) is 4.98 Å². The Morgan fingerprint density at radius 3 is 2.65 bits per heavy atom. The molecule has 0 saturated carbocycles. The molecule has 0 bridgehead atoms.